The van der Waals surface area contributed by atoms with Crippen LogP contribution in [0.5, 0.6) is 0 Å². The zero-order chi connectivity index (χ0) is 12.7. The maximum Gasteiger partial charge on any atom is 0.313 e. The van der Waals surface area contributed by atoms with Crippen molar-refractivity contribution in [3.05, 3.63) is 34.7 Å². The topological polar surface area (TPSA) is 55.7 Å². The van der Waals surface area contributed by atoms with Crippen LogP contribution in [0, 0.1) is 4.91 Å². The van der Waals surface area contributed by atoms with E-state index in [2.05, 4.69) is 5.18 Å². The van der Waals surface area contributed by atoms with Crippen LogP contribution in [0.15, 0.2) is 29.4 Å². The van der Waals surface area contributed by atoms with Gasteiger partial charge in [-0.25, -0.2) is 0 Å². The first-order valence-corrected chi connectivity index (χ1v) is 5.82. The lowest BCUT2D eigenvalue weighted by Crippen LogP contribution is -2.15. The molecule has 1 aromatic carbocycles. The largest absolute Gasteiger partial charge is 0.466 e. The highest BCUT2D eigenvalue weighted by molar-refractivity contribution is 5.78. The fraction of sp³-hybridized carbons (Fsp3) is 0.462. The molecule has 17 heavy (non-hydrogen) atoms. The Morgan fingerprint density at radius 3 is 2.41 bits per heavy atom. The number of carbonyl (C=O) groups is 1. The Bertz CT molecular complexity index is 373. The van der Waals surface area contributed by atoms with Gasteiger partial charge in [0.1, 0.15) is 5.69 Å². The Morgan fingerprint density at radius 2 is 1.94 bits per heavy atom. The summed E-state index contributed by atoms with van der Waals surface area (Å²) in [7, 11) is 0. The first-order chi connectivity index (χ1) is 8.22. The minimum atomic E-state index is -0.249. The smallest absolute Gasteiger partial charge is 0.313 e. The third-order valence-electron chi connectivity index (χ3n) is 2.55. The van der Waals surface area contributed by atoms with Crippen LogP contribution in [0.3, 0.4) is 0 Å². The van der Waals surface area contributed by atoms with Gasteiger partial charge in [-0.3, -0.25) is 4.79 Å². The third-order valence-corrected chi connectivity index (χ3v) is 2.55. The maximum absolute atomic E-state index is 11.8. The summed E-state index contributed by atoms with van der Waals surface area (Å²) in [6, 6.07) is 6.75. The van der Waals surface area contributed by atoms with Crippen LogP contribution in [0.1, 0.15) is 38.2 Å². The van der Waals surface area contributed by atoms with Gasteiger partial charge in [0.15, 0.2) is 0 Å². The lowest BCUT2D eigenvalue weighted by molar-refractivity contribution is -0.145. The lowest BCUT2D eigenvalue weighted by Gasteiger charge is -2.14. The number of nitroso groups, excluding NO2 is 1. The summed E-state index contributed by atoms with van der Waals surface area (Å²) >= 11 is 0. The molecule has 0 aliphatic heterocycles. The molecule has 1 rings (SSSR count). The summed E-state index contributed by atoms with van der Waals surface area (Å²) in [5.74, 6) is -0.457. The van der Waals surface area contributed by atoms with E-state index < -0.39 is 0 Å². The van der Waals surface area contributed by atoms with E-state index in [0.29, 0.717) is 12.3 Å². The zero-order valence-corrected chi connectivity index (χ0v) is 10.2. The molecule has 4 heteroatoms. The van der Waals surface area contributed by atoms with E-state index >= 15 is 0 Å². The first-order valence-electron chi connectivity index (χ1n) is 5.82. The van der Waals surface area contributed by atoms with Crippen molar-refractivity contribution in [2.75, 3.05) is 6.61 Å². The number of carbonyl (C=O) groups excluding carboxylic acids is 1. The van der Waals surface area contributed by atoms with Gasteiger partial charge in [-0.2, -0.15) is 0 Å². The van der Waals surface area contributed by atoms with Crippen LogP contribution in [-0.2, 0) is 9.53 Å². The molecular formula is C13H17NO3. The van der Waals surface area contributed by atoms with E-state index in [0.717, 1.165) is 18.4 Å². The molecular weight excluding hydrogens is 218 g/mol. The molecule has 4 nitrogen and oxygen atoms in total. The molecule has 0 spiro atoms. The summed E-state index contributed by atoms with van der Waals surface area (Å²) in [6.07, 6.45) is 1.64. The molecule has 0 radical (unpaired) electrons. The van der Waals surface area contributed by atoms with Gasteiger partial charge in [0.2, 0.25) is 0 Å². The quantitative estimate of drug-likeness (QED) is 0.559. The number of benzene rings is 1. The average Bonchev–Trinajstić information content (AvgIpc) is 2.36. The lowest BCUT2D eigenvalue weighted by atomic mass is 9.94. The van der Waals surface area contributed by atoms with E-state index in [1.54, 1.807) is 31.2 Å². The van der Waals surface area contributed by atoms with Crippen LogP contribution in [0.4, 0.5) is 5.69 Å². The number of ether oxygens (including phenoxy) is 1. The zero-order valence-electron chi connectivity index (χ0n) is 10.2. The van der Waals surface area contributed by atoms with E-state index in [4.69, 9.17) is 4.74 Å². The van der Waals surface area contributed by atoms with Crippen molar-refractivity contribution in [2.45, 2.75) is 32.6 Å². The van der Waals surface area contributed by atoms with Crippen molar-refractivity contribution in [3.63, 3.8) is 0 Å². The Hall–Kier alpha value is -1.71. The summed E-state index contributed by atoms with van der Waals surface area (Å²) in [5.41, 5.74) is 1.24. The van der Waals surface area contributed by atoms with Crippen LogP contribution < -0.4 is 0 Å². The Kier molecular flexibility index (Phi) is 5.33. The molecule has 0 fully saturated rings. The molecule has 1 aromatic rings. The normalized spacial score (nSPS) is 11.9. The van der Waals surface area contributed by atoms with Gasteiger partial charge in [0.05, 0.1) is 12.5 Å². The van der Waals surface area contributed by atoms with Crippen molar-refractivity contribution in [1.82, 2.24) is 0 Å². The molecule has 0 saturated carbocycles. The molecule has 92 valence electrons. The van der Waals surface area contributed by atoms with E-state index in [9.17, 15) is 9.70 Å². The van der Waals surface area contributed by atoms with Crippen LogP contribution in [0.25, 0.3) is 0 Å². The first kappa shape index (κ1) is 13.4. The number of rotatable bonds is 6. The highest BCUT2D eigenvalue weighted by Gasteiger charge is 2.20. The molecule has 1 unspecified atom stereocenters. The summed E-state index contributed by atoms with van der Waals surface area (Å²) in [6.45, 7) is 4.20. The second-order valence-corrected chi connectivity index (χ2v) is 3.78. The van der Waals surface area contributed by atoms with Crippen LogP contribution >= 0.6 is 0 Å². The molecule has 0 aliphatic carbocycles. The minimum Gasteiger partial charge on any atom is -0.466 e. The van der Waals surface area contributed by atoms with Gasteiger partial charge >= 0.3 is 5.97 Å². The summed E-state index contributed by atoms with van der Waals surface area (Å²) in [4.78, 5) is 22.1. The van der Waals surface area contributed by atoms with Gasteiger partial charge < -0.3 is 4.74 Å². The van der Waals surface area contributed by atoms with Crippen molar-refractivity contribution < 1.29 is 9.53 Å². The molecule has 0 amide bonds. The number of hydrogen-bond donors (Lipinski definition) is 0. The standard InChI is InChI=1S/C13H17NO3/c1-3-5-12(13(15)17-4-2)10-6-8-11(14-16)9-7-10/h6-9,12H,3-5H2,1-2H3. The monoisotopic (exact) mass is 235 g/mol. The van der Waals surface area contributed by atoms with Crippen molar-refractivity contribution in [3.8, 4) is 0 Å². The Morgan fingerprint density at radius 1 is 1.29 bits per heavy atom. The second-order valence-electron chi connectivity index (χ2n) is 3.78. The highest BCUT2D eigenvalue weighted by Crippen LogP contribution is 2.25. The fourth-order valence-electron chi connectivity index (χ4n) is 1.72. The predicted octanol–water partition coefficient (Wildman–Crippen LogP) is 3.53. The molecule has 1 atom stereocenters. The fourth-order valence-corrected chi connectivity index (χ4v) is 1.72. The van der Waals surface area contributed by atoms with Gasteiger partial charge in [-0.15, -0.1) is 4.91 Å². The summed E-state index contributed by atoms with van der Waals surface area (Å²) < 4.78 is 5.04. The second kappa shape index (κ2) is 6.78. The van der Waals surface area contributed by atoms with E-state index in [1.165, 1.54) is 0 Å². The number of nitrogens with zero attached hydrogens (tertiary/aromatic N) is 1. The molecule has 0 N–H and O–H groups in total. The third kappa shape index (κ3) is 3.66. The van der Waals surface area contributed by atoms with Gasteiger partial charge in [0.25, 0.3) is 0 Å². The van der Waals surface area contributed by atoms with Crippen molar-refractivity contribution in [1.29, 1.82) is 0 Å². The van der Waals surface area contributed by atoms with Gasteiger partial charge in [-0.1, -0.05) is 25.5 Å². The predicted molar refractivity (Wildman–Crippen MR) is 66.2 cm³/mol. The van der Waals surface area contributed by atoms with Gasteiger partial charge in [0, 0.05) is 0 Å². The van der Waals surface area contributed by atoms with Crippen LogP contribution in [0.2, 0.25) is 0 Å². The molecule has 0 saturated heterocycles. The average molecular weight is 235 g/mol. The van der Waals surface area contributed by atoms with Crippen LogP contribution in [-0.4, -0.2) is 12.6 Å². The number of esters is 1. The molecule has 0 aromatic heterocycles. The van der Waals surface area contributed by atoms with Crippen molar-refractivity contribution in [2.24, 2.45) is 5.18 Å². The highest BCUT2D eigenvalue weighted by atomic mass is 16.5. The Labute approximate surface area is 101 Å². The SMILES string of the molecule is CCCC(C(=O)OCC)c1ccc(N=O)cc1. The van der Waals surface area contributed by atoms with Gasteiger partial charge in [-0.05, 0) is 36.2 Å². The van der Waals surface area contributed by atoms with Crippen molar-refractivity contribution >= 4 is 11.7 Å². The summed E-state index contributed by atoms with van der Waals surface area (Å²) in [5, 5.41) is 2.83. The van der Waals surface area contributed by atoms with E-state index in [1.807, 2.05) is 6.92 Å². The van der Waals surface area contributed by atoms with E-state index in [-0.39, 0.29) is 11.9 Å². The minimum absolute atomic E-state index is 0.207. The molecule has 0 heterocycles. The molecule has 0 bridgehead atoms. The number of hydrogen-bond acceptors (Lipinski definition) is 4. The maximum atomic E-state index is 11.8. The Balaban J connectivity index is 2.88. The molecule has 0 aliphatic rings.